The van der Waals surface area contributed by atoms with Crippen LogP contribution in [0.2, 0.25) is 0 Å². The molecule has 27 heavy (non-hydrogen) atoms. The summed E-state index contributed by atoms with van der Waals surface area (Å²) in [7, 11) is 0. The fourth-order valence-corrected chi connectivity index (χ4v) is 5.40. The third kappa shape index (κ3) is 3.69. The number of allylic oxidation sites excluding steroid dienone is 3. The van der Waals surface area contributed by atoms with Crippen LogP contribution in [0.25, 0.3) is 22.3 Å². The first kappa shape index (κ1) is 18.3. The number of aromatic amines is 1. The summed E-state index contributed by atoms with van der Waals surface area (Å²) in [6, 6.07) is 2.25. The maximum atomic E-state index is 4.96. The smallest absolute Gasteiger partial charge is 0.186 e. The molecule has 4 nitrogen and oxygen atoms in total. The molecule has 1 N–H and O–H groups in total. The van der Waals surface area contributed by atoms with E-state index in [2.05, 4.69) is 66.0 Å². The van der Waals surface area contributed by atoms with Crippen molar-refractivity contribution in [2.75, 3.05) is 18.0 Å². The first-order valence-corrected chi connectivity index (χ1v) is 11.1. The van der Waals surface area contributed by atoms with Crippen molar-refractivity contribution in [1.29, 1.82) is 0 Å². The van der Waals surface area contributed by atoms with Gasteiger partial charge >= 0.3 is 0 Å². The third-order valence-electron chi connectivity index (χ3n) is 4.81. The molecule has 0 saturated heterocycles. The Morgan fingerprint density at radius 2 is 2.15 bits per heavy atom. The third-order valence-corrected chi connectivity index (χ3v) is 6.99. The second-order valence-corrected chi connectivity index (χ2v) is 9.04. The van der Waals surface area contributed by atoms with Crippen LogP contribution in [0.1, 0.15) is 25.1 Å². The van der Waals surface area contributed by atoms with Crippen LogP contribution in [0.4, 0.5) is 5.13 Å². The van der Waals surface area contributed by atoms with Crippen molar-refractivity contribution < 1.29 is 0 Å². The van der Waals surface area contributed by atoms with E-state index in [4.69, 9.17) is 4.98 Å². The first-order chi connectivity index (χ1) is 13.2. The summed E-state index contributed by atoms with van der Waals surface area (Å²) in [5, 5.41) is 2.72. The highest BCUT2D eigenvalue weighted by molar-refractivity contribution is 8.00. The number of aromatic nitrogens is 3. The monoisotopic (exact) mass is 396 g/mol. The van der Waals surface area contributed by atoms with Gasteiger partial charge in [0.1, 0.15) is 5.65 Å². The number of rotatable bonds is 6. The van der Waals surface area contributed by atoms with Crippen molar-refractivity contribution in [3.05, 3.63) is 47.6 Å². The van der Waals surface area contributed by atoms with E-state index < -0.39 is 0 Å². The van der Waals surface area contributed by atoms with Crippen molar-refractivity contribution in [2.45, 2.75) is 37.3 Å². The lowest BCUT2D eigenvalue weighted by Crippen LogP contribution is -2.21. The Morgan fingerprint density at radius 1 is 1.30 bits per heavy atom. The molecule has 1 aliphatic rings. The normalized spacial score (nSPS) is 16.3. The molecule has 3 aromatic heterocycles. The van der Waals surface area contributed by atoms with Crippen molar-refractivity contribution in [1.82, 2.24) is 15.0 Å². The molecule has 0 aromatic carbocycles. The Balaban J connectivity index is 1.69. The lowest BCUT2D eigenvalue weighted by atomic mass is 10.1. The maximum Gasteiger partial charge on any atom is 0.186 e. The summed E-state index contributed by atoms with van der Waals surface area (Å²) < 4.78 is 0. The Bertz CT molecular complexity index is 995. The van der Waals surface area contributed by atoms with E-state index >= 15 is 0 Å². The zero-order valence-corrected chi connectivity index (χ0v) is 17.5. The van der Waals surface area contributed by atoms with Gasteiger partial charge in [0.05, 0.1) is 5.69 Å². The van der Waals surface area contributed by atoms with E-state index in [0.717, 1.165) is 46.9 Å². The number of anilines is 1. The summed E-state index contributed by atoms with van der Waals surface area (Å²) in [6.45, 7) is 8.46. The van der Waals surface area contributed by atoms with Gasteiger partial charge in [0.2, 0.25) is 0 Å². The minimum atomic E-state index is 0.479. The van der Waals surface area contributed by atoms with Crippen LogP contribution < -0.4 is 4.90 Å². The van der Waals surface area contributed by atoms with E-state index in [1.165, 1.54) is 9.77 Å². The van der Waals surface area contributed by atoms with Gasteiger partial charge in [-0.15, -0.1) is 23.1 Å². The largest absolute Gasteiger partial charge is 0.349 e. The number of aryl methyl sites for hydroxylation is 1. The topological polar surface area (TPSA) is 44.8 Å². The number of hydrogen-bond acceptors (Lipinski definition) is 5. The summed E-state index contributed by atoms with van der Waals surface area (Å²) in [5.41, 5.74) is 3.13. The molecule has 0 saturated carbocycles. The predicted octanol–water partition coefficient (Wildman–Crippen LogP) is 5.82. The molecule has 3 heterocycles. The van der Waals surface area contributed by atoms with Crippen LogP contribution in [0.15, 0.2) is 47.7 Å². The van der Waals surface area contributed by atoms with E-state index in [1.54, 1.807) is 11.3 Å². The van der Waals surface area contributed by atoms with Gasteiger partial charge in [0, 0.05) is 51.5 Å². The summed E-state index contributed by atoms with van der Waals surface area (Å²) in [5.74, 6) is 0. The van der Waals surface area contributed by atoms with Gasteiger partial charge in [0.15, 0.2) is 5.13 Å². The summed E-state index contributed by atoms with van der Waals surface area (Å²) >= 11 is 3.64. The quantitative estimate of drug-likeness (QED) is 0.570. The molecule has 4 rings (SSSR count). The number of fused-ring (bicyclic) bond motifs is 1. The molecule has 6 heteroatoms. The van der Waals surface area contributed by atoms with Crippen LogP contribution in [0.3, 0.4) is 0 Å². The minimum absolute atomic E-state index is 0.479. The van der Waals surface area contributed by atoms with Crippen LogP contribution >= 0.6 is 23.1 Å². The second-order valence-electron chi connectivity index (χ2n) is 6.55. The SMILES string of the molecule is CCN(CC)c1nc(-c2c[nH]c3ncc(SC4C=CC=CC4)cc23)c(C)s1. The summed E-state index contributed by atoms with van der Waals surface area (Å²) in [4.78, 5) is 17.7. The Kier molecular flexibility index (Phi) is 5.36. The van der Waals surface area contributed by atoms with Crippen LogP contribution in [-0.4, -0.2) is 33.3 Å². The number of pyridine rings is 1. The molecular formula is C21H24N4S2. The fraction of sp³-hybridized carbons (Fsp3) is 0.333. The number of nitrogens with one attached hydrogen (secondary N) is 1. The average Bonchev–Trinajstić information content (AvgIpc) is 3.26. The lowest BCUT2D eigenvalue weighted by Gasteiger charge is -2.16. The highest BCUT2D eigenvalue weighted by Gasteiger charge is 2.17. The number of thiazole rings is 1. The number of H-pyrrole nitrogens is 1. The van der Waals surface area contributed by atoms with Gasteiger partial charge < -0.3 is 9.88 Å². The van der Waals surface area contributed by atoms with E-state index in [9.17, 15) is 0 Å². The number of thioether (sulfide) groups is 1. The molecule has 3 aromatic rings. The molecule has 140 valence electrons. The molecule has 1 unspecified atom stereocenters. The standard InChI is InChI=1S/C21H24N4S2/c1-4-25(5-2)21-24-19(14(3)26-21)18-13-23-20-17(18)11-16(12-22-20)27-15-9-7-6-8-10-15/h6-9,11-13,15H,4-5,10H2,1-3H3,(H,22,23). The Hall–Kier alpha value is -2.05. The van der Waals surface area contributed by atoms with Gasteiger partial charge in [-0.2, -0.15) is 0 Å². The van der Waals surface area contributed by atoms with Gasteiger partial charge in [-0.1, -0.05) is 24.3 Å². The molecule has 0 aliphatic heterocycles. The van der Waals surface area contributed by atoms with E-state index in [-0.39, 0.29) is 0 Å². The lowest BCUT2D eigenvalue weighted by molar-refractivity contribution is 0.860. The highest BCUT2D eigenvalue weighted by atomic mass is 32.2. The molecule has 0 spiro atoms. The van der Waals surface area contributed by atoms with Gasteiger partial charge in [-0.05, 0) is 33.3 Å². The molecule has 0 radical (unpaired) electrons. The zero-order chi connectivity index (χ0) is 18.8. The molecule has 0 fully saturated rings. The van der Waals surface area contributed by atoms with Crippen LogP contribution in [0, 0.1) is 6.92 Å². The van der Waals surface area contributed by atoms with Crippen LogP contribution in [0.5, 0.6) is 0 Å². The zero-order valence-electron chi connectivity index (χ0n) is 15.9. The van der Waals surface area contributed by atoms with Gasteiger partial charge in [-0.3, -0.25) is 0 Å². The molecule has 0 bridgehead atoms. The molecule has 1 atom stereocenters. The van der Waals surface area contributed by atoms with E-state index in [1.807, 2.05) is 24.2 Å². The van der Waals surface area contributed by atoms with Crippen molar-refractivity contribution in [2.24, 2.45) is 0 Å². The second kappa shape index (κ2) is 7.90. The van der Waals surface area contributed by atoms with Gasteiger partial charge in [-0.25, -0.2) is 9.97 Å². The van der Waals surface area contributed by atoms with Crippen molar-refractivity contribution in [3.8, 4) is 11.3 Å². The summed E-state index contributed by atoms with van der Waals surface area (Å²) in [6.07, 6.45) is 13.8. The maximum absolute atomic E-state index is 4.96. The van der Waals surface area contributed by atoms with Gasteiger partial charge in [0.25, 0.3) is 0 Å². The van der Waals surface area contributed by atoms with E-state index in [0.29, 0.717) is 5.25 Å². The highest BCUT2D eigenvalue weighted by Crippen LogP contribution is 2.37. The predicted molar refractivity (Wildman–Crippen MR) is 118 cm³/mol. The number of hydrogen-bond donors (Lipinski definition) is 1. The Labute approximate surface area is 168 Å². The molecular weight excluding hydrogens is 372 g/mol. The number of nitrogens with zero attached hydrogens (tertiary/aromatic N) is 3. The first-order valence-electron chi connectivity index (χ1n) is 9.39. The minimum Gasteiger partial charge on any atom is -0.349 e. The van der Waals surface area contributed by atoms with Crippen molar-refractivity contribution >= 4 is 39.3 Å². The molecule has 0 amide bonds. The average molecular weight is 397 g/mol. The Morgan fingerprint density at radius 3 is 2.89 bits per heavy atom. The van der Waals surface area contributed by atoms with Crippen molar-refractivity contribution in [3.63, 3.8) is 0 Å². The fourth-order valence-electron chi connectivity index (χ4n) is 3.33. The molecule has 1 aliphatic carbocycles. The van der Waals surface area contributed by atoms with Crippen LogP contribution in [-0.2, 0) is 0 Å².